The maximum Gasteiger partial charge on any atom is 0.404 e. The molecule has 1 saturated carbocycles. The molecule has 2 aliphatic rings. The summed E-state index contributed by atoms with van der Waals surface area (Å²) in [5, 5.41) is 12.9. The summed E-state index contributed by atoms with van der Waals surface area (Å²) in [5.41, 5.74) is 8.50. The lowest BCUT2D eigenvalue weighted by molar-refractivity contribution is 0.0854. The normalized spacial score (nSPS) is 24.1. The van der Waals surface area contributed by atoms with Crippen LogP contribution in [-0.4, -0.2) is 33.2 Å². The molecule has 1 amide bonds. The molecular weight excluding hydrogens is 404 g/mol. The molecular formula is C21H17ClN6O2. The SMILES string of the molecule is N#Cc1ccc(-c2nc3ncc(Cl)c(N[C@H]4[C@@H](OC(N)=O)[C@@H]5C=C[C@H]4C5)c3[nH]2)cc1. The molecule has 0 unspecified atom stereocenters. The van der Waals surface area contributed by atoms with Gasteiger partial charge >= 0.3 is 6.09 Å². The number of hydrogen-bond acceptors (Lipinski definition) is 6. The second-order valence-corrected chi connectivity index (χ2v) is 7.88. The molecule has 9 heteroatoms. The minimum absolute atomic E-state index is 0.132. The zero-order chi connectivity index (χ0) is 20.8. The molecule has 0 aliphatic heterocycles. The van der Waals surface area contributed by atoms with E-state index in [4.69, 9.17) is 27.3 Å². The number of pyridine rings is 1. The lowest BCUT2D eigenvalue weighted by Gasteiger charge is -2.29. The van der Waals surface area contributed by atoms with E-state index < -0.39 is 6.09 Å². The Kier molecular flexibility index (Phi) is 4.33. The van der Waals surface area contributed by atoms with Gasteiger partial charge in [-0.3, -0.25) is 0 Å². The van der Waals surface area contributed by atoms with Crippen molar-refractivity contribution in [2.75, 3.05) is 5.32 Å². The van der Waals surface area contributed by atoms with Gasteiger partial charge in [-0.2, -0.15) is 5.26 Å². The van der Waals surface area contributed by atoms with Crippen molar-refractivity contribution in [1.82, 2.24) is 15.0 Å². The van der Waals surface area contributed by atoms with E-state index in [-0.39, 0.29) is 24.0 Å². The van der Waals surface area contributed by atoms with Crippen LogP contribution in [0.15, 0.2) is 42.6 Å². The predicted molar refractivity (Wildman–Crippen MR) is 112 cm³/mol. The molecule has 8 nitrogen and oxygen atoms in total. The van der Waals surface area contributed by atoms with Crippen molar-refractivity contribution in [3.05, 3.63) is 53.2 Å². The molecule has 150 valence electrons. The smallest absolute Gasteiger partial charge is 0.404 e. The molecule has 4 atom stereocenters. The number of carbonyl (C=O) groups excluding carboxylic acids is 1. The molecule has 0 spiro atoms. The molecule has 2 bridgehead atoms. The quantitative estimate of drug-likeness (QED) is 0.553. The number of nitrogens with zero attached hydrogens (tertiary/aromatic N) is 3. The van der Waals surface area contributed by atoms with Gasteiger partial charge in [0.1, 0.15) is 17.4 Å². The van der Waals surface area contributed by atoms with E-state index >= 15 is 0 Å². The number of primary amides is 1. The number of fused-ring (bicyclic) bond motifs is 3. The van der Waals surface area contributed by atoms with E-state index in [0.717, 1.165) is 12.0 Å². The maximum absolute atomic E-state index is 11.4. The van der Waals surface area contributed by atoms with Crippen LogP contribution in [0.3, 0.4) is 0 Å². The van der Waals surface area contributed by atoms with Crippen molar-refractivity contribution in [2.45, 2.75) is 18.6 Å². The zero-order valence-electron chi connectivity index (χ0n) is 15.7. The molecule has 0 saturated heterocycles. The van der Waals surface area contributed by atoms with Crippen LogP contribution in [0.5, 0.6) is 0 Å². The molecule has 1 fully saturated rings. The number of hydrogen-bond donors (Lipinski definition) is 3. The highest BCUT2D eigenvalue weighted by Gasteiger charge is 2.47. The van der Waals surface area contributed by atoms with E-state index in [1.54, 1.807) is 18.3 Å². The lowest BCUT2D eigenvalue weighted by atomic mass is 9.98. The van der Waals surface area contributed by atoms with Crippen molar-refractivity contribution in [3.8, 4) is 17.5 Å². The third kappa shape index (κ3) is 3.04. The van der Waals surface area contributed by atoms with Gasteiger partial charge in [0.15, 0.2) is 5.65 Å². The van der Waals surface area contributed by atoms with Gasteiger partial charge in [-0.1, -0.05) is 23.8 Å². The van der Waals surface area contributed by atoms with E-state index in [1.165, 1.54) is 0 Å². The van der Waals surface area contributed by atoms with Crippen molar-refractivity contribution in [3.63, 3.8) is 0 Å². The third-order valence-corrected chi connectivity index (χ3v) is 6.00. The van der Waals surface area contributed by atoms with Crippen LogP contribution in [0.4, 0.5) is 10.5 Å². The topological polar surface area (TPSA) is 130 Å². The molecule has 30 heavy (non-hydrogen) atoms. The molecule has 2 heterocycles. The Morgan fingerprint density at radius 3 is 2.80 bits per heavy atom. The van der Waals surface area contributed by atoms with Gasteiger partial charge in [-0.15, -0.1) is 0 Å². The molecule has 4 N–H and O–H groups in total. The number of nitrogens with one attached hydrogen (secondary N) is 2. The Balaban J connectivity index is 1.52. The van der Waals surface area contributed by atoms with Crippen LogP contribution in [0.25, 0.3) is 22.6 Å². The van der Waals surface area contributed by atoms with Gasteiger partial charge in [0, 0.05) is 17.4 Å². The van der Waals surface area contributed by atoms with Crippen LogP contribution in [0.2, 0.25) is 5.02 Å². The van der Waals surface area contributed by atoms with E-state index in [1.807, 2.05) is 12.1 Å². The number of benzene rings is 1. The highest BCUT2D eigenvalue weighted by atomic mass is 35.5. The number of halogens is 1. The number of amides is 1. The van der Waals surface area contributed by atoms with Crippen molar-refractivity contribution in [1.29, 1.82) is 5.26 Å². The highest BCUT2D eigenvalue weighted by molar-refractivity contribution is 6.34. The summed E-state index contributed by atoms with van der Waals surface area (Å²) in [4.78, 5) is 23.6. The van der Waals surface area contributed by atoms with E-state index in [2.05, 4.69) is 38.5 Å². The van der Waals surface area contributed by atoms with Crippen LogP contribution < -0.4 is 11.1 Å². The van der Waals surface area contributed by atoms with Gasteiger partial charge < -0.3 is 20.8 Å². The number of rotatable bonds is 4. The summed E-state index contributed by atoms with van der Waals surface area (Å²) in [6.07, 6.45) is 5.48. The summed E-state index contributed by atoms with van der Waals surface area (Å²) in [5.74, 6) is 0.955. The Hall–Kier alpha value is -3.57. The third-order valence-electron chi connectivity index (χ3n) is 5.71. The van der Waals surface area contributed by atoms with Crippen molar-refractivity contribution in [2.24, 2.45) is 17.6 Å². The largest absolute Gasteiger partial charge is 0.444 e. The molecule has 5 rings (SSSR count). The minimum atomic E-state index is -0.789. The average Bonchev–Trinajstić information content (AvgIpc) is 3.45. The Morgan fingerprint density at radius 1 is 1.30 bits per heavy atom. The zero-order valence-corrected chi connectivity index (χ0v) is 16.4. The fourth-order valence-electron chi connectivity index (χ4n) is 4.34. The number of H-pyrrole nitrogens is 1. The van der Waals surface area contributed by atoms with Crippen LogP contribution in [-0.2, 0) is 4.74 Å². The monoisotopic (exact) mass is 420 g/mol. The Morgan fingerprint density at radius 2 is 2.07 bits per heavy atom. The molecule has 0 radical (unpaired) electrons. The van der Waals surface area contributed by atoms with E-state index in [0.29, 0.717) is 33.3 Å². The summed E-state index contributed by atoms with van der Waals surface area (Å²) >= 11 is 6.47. The summed E-state index contributed by atoms with van der Waals surface area (Å²) in [6.45, 7) is 0. The first-order chi connectivity index (χ1) is 14.5. The van der Waals surface area contributed by atoms with E-state index in [9.17, 15) is 4.79 Å². The summed E-state index contributed by atoms with van der Waals surface area (Å²) < 4.78 is 5.39. The number of nitrogens with two attached hydrogens (primary N) is 1. The van der Waals surface area contributed by atoms with Crippen LogP contribution >= 0.6 is 11.6 Å². The summed E-state index contributed by atoms with van der Waals surface area (Å²) in [7, 11) is 0. The standard InChI is InChI=1S/C21H17ClN6O2/c22-14-9-25-20-17(27-19(28-20)11-3-1-10(8-23)2-4-11)16(14)26-15-12-5-6-13(7-12)18(15)30-21(24)29/h1-6,9,12-13,15,18H,7H2,(H2,24,29)(H2,25,26,27,28)/t12-,13+,15+,18-/m0/s1. The second kappa shape index (κ2) is 7.04. The number of anilines is 1. The van der Waals surface area contributed by atoms with Gasteiger partial charge in [-0.05, 0) is 30.7 Å². The van der Waals surface area contributed by atoms with Crippen LogP contribution in [0.1, 0.15) is 12.0 Å². The maximum atomic E-state index is 11.4. The Bertz CT molecular complexity index is 1210. The van der Waals surface area contributed by atoms with Gasteiger partial charge in [0.2, 0.25) is 0 Å². The lowest BCUT2D eigenvalue weighted by Crippen LogP contribution is -2.41. The average molecular weight is 421 g/mol. The fraction of sp³-hybridized carbons (Fsp3) is 0.238. The second-order valence-electron chi connectivity index (χ2n) is 7.47. The van der Waals surface area contributed by atoms with Gasteiger partial charge in [-0.25, -0.2) is 14.8 Å². The predicted octanol–water partition coefficient (Wildman–Crippen LogP) is 3.60. The van der Waals surface area contributed by atoms with Crippen molar-refractivity contribution < 1.29 is 9.53 Å². The van der Waals surface area contributed by atoms with Gasteiger partial charge in [0.05, 0.1) is 34.6 Å². The molecule has 2 aliphatic carbocycles. The van der Waals surface area contributed by atoms with Crippen molar-refractivity contribution >= 4 is 34.5 Å². The number of nitriles is 1. The molecule has 3 aromatic rings. The number of carbonyl (C=O) groups is 1. The Labute approximate surface area is 176 Å². The first kappa shape index (κ1) is 18.5. The minimum Gasteiger partial charge on any atom is -0.444 e. The molecule has 2 aromatic heterocycles. The first-order valence-corrected chi connectivity index (χ1v) is 9.87. The number of ether oxygens (including phenoxy) is 1. The number of imidazole rings is 1. The summed E-state index contributed by atoms with van der Waals surface area (Å²) in [6, 6.07) is 9.05. The fourth-order valence-corrected chi connectivity index (χ4v) is 4.54. The van der Waals surface area contributed by atoms with Crippen LogP contribution in [0, 0.1) is 23.2 Å². The highest BCUT2D eigenvalue weighted by Crippen LogP contribution is 2.44. The molecule has 1 aromatic carbocycles. The number of aromatic nitrogens is 3. The first-order valence-electron chi connectivity index (χ1n) is 9.49. The number of aromatic amines is 1. The van der Waals surface area contributed by atoms with Gasteiger partial charge in [0.25, 0.3) is 0 Å².